The van der Waals surface area contributed by atoms with Crippen molar-refractivity contribution < 1.29 is 9.59 Å². The molecular weight excluding hydrogens is 452 g/mol. The Balaban J connectivity index is 1.68. The molecule has 4 aromatic rings. The van der Waals surface area contributed by atoms with Crippen LogP contribution in [0.5, 0.6) is 0 Å². The summed E-state index contributed by atoms with van der Waals surface area (Å²) in [5.74, 6) is -1.03. The molecule has 0 radical (unpaired) electrons. The zero-order valence-electron chi connectivity index (χ0n) is 16.6. The number of aromatic nitrogens is 1. The molecule has 3 heterocycles. The fourth-order valence-corrected chi connectivity index (χ4v) is 5.40. The van der Waals surface area contributed by atoms with Crippen LogP contribution in [0.1, 0.15) is 39.1 Å². The second-order valence-electron chi connectivity index (χ2n) is 6.93. The van der Waals surface area contributed by atoms with Crippen LogP contribution >= 0.6 is 34.3 Å². The van der Waals surface area contributed by atoms with E-state index in [2.05, 4.69) is 17.2 Å². The van der Waals surface area contributed by atoms with Crippen molar-refractivity contribution >= 4 is 67.0 Å². The molecule has 0 saturated carbocycles. The standard InChI is InChI=1S/C22H19ClN4O2S2/c1-2-3-13-8-9-14-17(24)18(31-21(14)26-13)20(29)27-22-16(19(25)28)15(10-30-22)11-4-6-12(23)7-5-11/h4-10H,2-3,24H2,1H3,(H2,25,28)(H,27,29). The summed E-state index contributed by atoms with van der Waals surface area (Å²) in [4.78, 5) is 30.9. The number of nitrogen functional groups attached to an aromatic ring is 1. The van der Waals surface area contributed by atoms with Crippen molar-refractivity contribution in [2.45, 2.75) is 19.8 Å². The van der Waals surface area contributed by atoms with E-state index < -0.39 is 11.8 Å². The molecule has 0 bridgehead atoms. The molecule has 5 N–H and O–H groups in total. The van der Waals surface area contributed by atoms with Crippen LogP contribution in [0.25, 0.3) is 21.3 Å². The van der Waals surface area contributed by atoms with E-state index in [1.807, 2.05) is 12.1 Å². The monoisotopic (exact) mass is 470 g/mol. The maximum absolute atomic E-state index is 13.0. The van der Waals surface area contributed by atoms with E-state index >= 15 is 0 Å². The van der Waals surface area contributed by atoms with Gasteiger partial charge in [-0.15, -0.1) is 22.7 Å². The number of aryl methyl sites for hydroxylation is 1. The number of pyridine rings is 1. The van der Waals surface area contributed by atoms with Gasteiger partial charge < -0.3 is 16.8 Å². The third-order valence-corrected chi connectivity index (χ3v) is 7.04. The fraction of sp³-hybridized carbons (Fsp3) is 0.136. The third kappa shape index (κ3) is 4.14. The van der Waals surface area contributed by atoms with Crippen LogP contribution in [-0.4, -0.2) is 16.8 Å². The summed E-state index contributed by atoms with van der Waals surface area (Å²) in [6.07, 6.45) is 1.84. The minimum atomic E-state index is -0.628. The molecule has 3 aromatic heterocycles. The minimum absolute atomic E-state index is 0.253. The Morgan fingerprint density at radius 1 is 1.16 bits per heavy atom. The lowest BCUT2D eigenvalue weighted by Crippen LogP contribution is -2.17. The fourth-order valence-electron chi connectivity index (χ4n) is 3.30. The van der Waals surface area contributed by atoms with E-state index in [-0.39, 0.29) is 5.56 Å². The third-order valence-electron chi connectivity index (χ3n) is 4.78. The summed E-state index contributed by atoms with van der Waals surface area (Å²) in [5, 5.41) is 6.30. The first kappa shape index (κ1) is 21.3. The summed E-state index contributed by atoms with van der Waals surface area (Å²) >= 11 is 8.42. The van der Waals surface area contributed by atoms with Crippen molar-refractivity contribution in [3.05, 3.63) is 62.9 Å². The lowest BCUT2D eigenvalue weighted by atomic mass is 10.0. The molecule has 0 fully saturated rings. The van der Waals surface area contributed by atoms with E-state index in [0.29, 0.717) is 26.2 Å². The topological polar surface area (TPSA) is 111 Å². The number of thiophene rings is 2. The van der Waals surface area contributed by atoms with Gasteiger partial charge in [0.25, 0.3) is 11.8 Å². The number of rotatable bonds is 6. The van der Waals surface area contributed by atoms with Gasteiger partial charge in [-0.25, -0.2) is 4.98 Å². The molecule has 0 atom stereocenters. The molecule has 31 heavy (non-hydrogen) atoms. The van der Waals surface area contributed by atoms with Gasteiger partial charge in [-0.1, -0.05) is 37.1 Å². The number of nitrogens with zero attached hydrogens (tertiary/aromatic N) is 1. The Morgan fingerprint density at radius 2 is 1.90 bits per heavy atom. The van der Waals surface area contributed by atoms with Crippen LogP contribution in [0.15, 0.2) is 41.8 Å². The molecule has 1 aromatic carbocycles. The Kier molecular flexibility index (Phi) is 5.95. The SMILES string of the molecule is CCCc1ccc2c(N)c(C(=O)Nc3scc(-c4ccc(Cl)cc4)c3C(N)=O)sc2n1. The average Bonchev–Trinajstić information content (AvgIpc) is 3.30. The summed E-state index contributed by atoms with van der Waals surface area (Å²) < 4.78 is 0. The maximum Gasteiger partial charge on any atom is 0.268 e. The van der Waals surface area contributed by atoms with Gasteiger partial charge >= 0.3 is 0 Å². The Bertz CT molecular complexity index is 1300. The predicted octanol–water partition coefficient (Wildman–Crippen LogP) is 5.56. The number of hydrogen-bond acceptors (Lipinski definition) is 6. The van der Waals surface area contributed by atoms with Gasteiger partial charge in [0, 0.05) is 27.0 Å². The van der Waals surface area contributed by atoms with E-state index in [4.69, 9.17) is 23.1 Å². The molecule has 4 rings (SSSR count). The van der Waals surface area contributed by atoms with Crippen LogP contribution < -0.4 is 16.8 Å². The van der Waals surface area contributed by atoms with Crippen molar-refractivity contribution in [3.63, 3.8) is 0 Å². The normalized spacial score (nSPS) is 11.0. The lowest BCUT2D eigenvalue weighted by Gasteiger charge is -2.06. The molecule has 0 aliphatic heterocycles. The van der Waals surface area contributed by atoms with Gasteiger partial charge in [0.05, 0.1) is 11.3 Å². The number of nitrogens with one attached hydrogen (secondary N) is 1. The van der Waals surface area contributed by atoms with Gasteiger partial charge in [0.15, 0.2) is 0 Å². The number of amides is 2. The Morgan fingerprint density at radius 3 is 2.58 bits per heavy atom. The van der Waals surface area contributed by atoms with Gasteiger partial charge in [-0.05, 0) is 36.2 Å². The second-order valence-corrected chi connectivity index (χ2v) is 9.24. The molecule has 158 valence electrons. The Labute approximate surface area is 191 Å². The maximum atomic E-state index is 13.0. The lowest BCUT2D eigenvalue weighted by molar-refractivity contribution is 0.100. The first-order valence-corrected chi connectivity index (χ1v) is 11.6. The number of carbonyl (C=O) groups is 2. The number of hydrogen-bond donors (Lipinski definition) is 3. The number of anilines is 2. The van der Waals surface area contributed by atoms with E-state index in [9.17, 15) is 9.59 Å². The molecule has 2 amide bonds. The van der Waals surface area contributed by atoms with Gasteiger partial charge in [-0.2, -0.15) is 0 Å². The number of benzene rings is 1. The molecule has 0 aliphatic rings. The summed E-state index contributed by atoms with van der Waals surface area (Å²) in [5.41, 5.74) is 14.9. The van der Waals surface area contributed by atoms with E-state index in [0.717, 1.165) is 34.3 Å². The molecule has 9 heteroatoms. The first-order chi connectivity index (χ1) is 14.9. The average molecular weight is 471 g/mol. The molecular formula is C22H19ClN4O2S2. The van der Waals surface area contributed by atoms with E-state index in [1.165, 1.54) is 22.7 Å². The predicted molar refractivity (Wildman–Crippen MR) is 129 cm³/mol. The Hall–Kier alpha value is -2.94. The van der Waals surface area contributed by atoms with Crippen molar-refractivity contribution in [1.29, 1.82) is 0 Å². The zero-order valence-corrected chi connectivity index (χ0v) is 19.0. The van der Waals surface area contributed by atoms with Crippen LogP contribution in [0.3, 0.4) is 0 Å². The van der Waals surface area contributed by atoms with Crippen LogP contribution in [0.4, 0.5) is 10.7 Å². The van der Waals surface area contributed by atoms with Crippen LogP contribution in [0.2, 0.25) is 5.02 Å². The van der Waals surface area contributed by atoms with Crippen LogP contribution in [0, 0.1) is 0 Å². The molecule has 0 spiro atoms. The minimum Gasteiger partial charge on any atom is -0.397 e. The molecule has 0 aliphatic carbocycles. The highest BCUT2D eigenvalue weighted by Gasteiger charge is 2.23. The number of carbonyl (C=O) groups excluding carboxylic acids is 2. The quantitative estimate of drug-likeness (QED) is 0.342. The van der Waals surface area contributed by atoms with E-state index in [1.54, 1.807) is 29.6 Å². The zero-order chi connectivity index (χ0) is 22.1. The highest BCUT2D eigenvalue weighted by Crippen LogP contribution is 2.38. The molecule has 0 unspecified atom stereocenters. The van der Waals surface area contributed by atoms with Crippen molar-refractivity contribution in [3.8, 4) is 11.1 Å². The summed E-state index contributed by atoms with van der Waals surface area (Å²) in [7, 11) is 0. The van der Waals surface area contributed by atoms with Gasteiger partial charge in [0.1, 0.15) is 14.7 Å². The highest BCUT2D eigenvalue weighted by atomic mass is 35.5. The summed E-state index contributed by atoms with van der Waals surface area (Å²) in [6, 6.07) is 10.9. The van der Waals surface area contributed by atoms with Gasteiger partial charge in [0.2, 0.25) is 0 Å². The largest absolute Gasteiger partial charge is 0.397 e. The van der Waals surface area contributed by atoms with Gasteiger partial charge in [-0.3, -0.25) is 9.59 Å². The van der Waals surface area contributed by atoms with Crippen molar-refractivity contribution in [2.75, 3.05) is 11.1 Å². The number of halogens is 1. The number of fused-ring (bicyclic) bond motifs is 1. The first-order valence-electron chi connectivity index (χ1n) is 9.55. The second kappa shape index (κ2) is 8.66. The van der Waals surface area contributed by atoms with Crippen molar-refractivity contribution in [2.24, 2.45) is 5.73 Å². The van der Waals surface area contributed by atoms with Crippen LogP contribution in [-0.2, 0) is 6.42 Å². The summed E-state index contributed by atoms with van der Waals surface area (Å²) in [6.45, 7) is 2.09. The van der Waals surface area contributed by atoms with Crippen molar-refractivity contribution in [1.82, 2.24) is 4.98 Å². The molecule has 6 nitrogen and oxygen atoms in total. The highest BCUT2D eigenvalue weighted by molar-refractivity contribution is 7.21. The molecule has 0 saturated heterocycles. The smallest absolute Gasteiger partial charge is 0.268 e. The number of nitrogens with two attached hydrogens (primary N) is 2. The number of primary amides is 1.